The summed E-state index contributed by atoms with van der Waals surface area (Å²) < 4.78 is 0. The lowest BCUT2D eigenvalue weighted by Gasteiger charge is -2.34. The number of benzene rings is 2. The van der Waals surface area contributed by atoms with Crippen LogP contribution in [0.25, 0.3) is 0 Å². The Labute approximate surface area is 143 Å². The summed E-state index contributed by atoms with van der Waals surface area (Å²) in [5.41, 5.74) is 2.67. The van der Waals surface area contributed by atoms with Crippen LogP contribution >= 0.6 is 0 Å². The quantitative estimate of drug-likeness (QED) is 0.789. The number of hydrogen-bond acceptors (Lipinski definition) is 3. The Bertz CT molecular complexity index is 678. The van der Waals surface area contributed by atoms with Crippen LogP contribution in [0.5, 0.6) is 0 Å². The first-order valence-corrected chi connectivity index (χ1v) is 8.56. The molecule has 0 aliphatic carbocycles. The molecule has 1 aliphatic rings. The van der Waals surface area contributed by atoms with Crippen molar-refractivity contribution in [2.24, 2.45) is 5.41 Å². The largest absolute Gasteiger partial charge is 0.355 e. The van der Waals surface area contributed by atoms with Gasteiger partial charge in [0.1, 0.15) is 0 Å². The molecule has 4 heteroatoms. The molecule has 24 heavy (non-hydrogen) atoms. The number of carbonyl (C=O) groups is 1. The van der Waals surface area contributed by atoms with Gasteiger partial charge in [-0.3, -0.25) is 4.79 Å². The molecule has 0 unspecified atom stereocenters. The molecule has 0 radical (unpaired) electrons. The van der Waals surface area contributed by atoms with Crippen LogP contribution in [0.4, 0.5) is 11.4 Å². The van der Waals surface area contributed by atoms with Gasteiger partial charge in [-0.15, -0.1) is 0 Å². The summed E-state index contributed by atoms with van der Waals surface area (Å²) in [6.07, 6.45) is 2.19. The minimum atomic E-state index is -0.0196. The number of piperidine rings is 1. The Morgan fingerprint density at radius 1 is 1.04 bits per heavy atom. The van der Waals surface area contributed by atoms with Crippen molar-refractivity contribution in [3.05, 3.63) is 60.2 Å². The van der Waals surface area contributed by atoms with Gasteiger partial charge in [0.05, 0.1) is 11.3 Å². The molecule has 3 rings (SSSR count). The average Bonchev–Trinajstić information content (AvgIpc) is 2.62. The molecule has 1 amide bonds. The number of carbonyl (C=O) groups excluding carboxylic acids is 1. The molecule has 4 nitrogen and oxygen atoms in total. The third kappa shape index (κ3) is 4.15. The highest BCUT2D eigenvalue weighted by Gasteiger charge is 2.27. The highest BCUT2D eigenvalue weighted by molar-refractivity contribution is 6.00. The number of para-hydroxylation sites is 2. The first-order valence-electron chi connectivity index (χ1n) is 8.56. The lowest BCUT2D eigenvalue weighted by Crippen LogP contribution is -2.43. The molecule has 2 aromatic rings. The smallest absolute Gasteiger partial charge is 0.253 e. The van der Waals surface area contributed by atoms with E-state index < -0.39 is 0 Å². The van der Waals surface area contributed by atoms with Gasteiger partial charge in [0.25, 0.3) is 5.91 Å². The van der Waals surface area contributed by atoms with E-state index in [-0.39, 0.29) is 11.3 Å². The first-order chi connectivity index (χ1) is 11.7. The van der Waals surface area contributed by atoms with Crippen LogP contribution in [0.3, 0.4) is 0 Å². The lowest BCUT2D eigenvalue weighted by molar-refractivity contribution is 0.0923. The number of hydrogen-bond donors (Lipinski definition) is 3. The fraction of sp³-hybridized carbons (Fsp3) is 0.350. The number of nitrogens with one attached hydrogen (secondary N) is 3. The molecule has 1 fully saturated rings. The van der Waals surface area contributed by atoms with Gasteiger partial charge in [-0.05, 0) is 55.6 Å². The molecule has 1 aliphatic heterocycles. The van der Waals surface area contributed by atoms with Crippen molar-refractivity contribution < 1.29 is 4.79 Å². The van der Waals surface area contributed by atoms with Gasteiger partial charge in [-0.2, -0.15) is 0 Å². The van der Waals surface area contributed by atoms with E-state index in [1.165, 1.54) is 0 Å². The van der Waals surface area contributed by atoms with Crippen molar-refractivity contribution in [3.63, 3.8) is 0 Å². The molecule has 2 aromatic carbocycles. The highest BCUT2D eigenvalue weighted by Crippen LogP contribution is 2.27. The minimum Gasteiger partial charge on any atom is -0.355 e. The SMILES string of the molecule is CC1(CNC(=O)c2ccccc2Nc2ccccc2)CCNCC1. The predicted octanol–water partition coefficient (Wildman–Crippen LogP) is 3.55. The van der Waals surface area contributed by atoms with Gasteiger partial charge < -0.3 is 16.0 Å². The Morgan fingerprint density at radius 2 is 1.71 bits per heavy atom. The van der Waals surface area contributed by atoms with Crippen LogP contribution in [0, 0.1) is 5.41 Å². The van der Waals surface area contributed by atoms with E-state index in [1.807, 2.05) is 54.6 Å². The second-order valence-corrected chi connectivity index (χ2v) is 6.78. The molecule has 0 atom stereocenters. The van der Waals surface area contributed by atoms with E-state index in [1.54, 1.807) is 0 Å². The second kappa shape index (κ2) is 7.49. The van der Waals surface area contributed by atoms with Gasteiger partial charge in [0, 0.05) is 12.2 Å². The molecule has 0 saturated carbocycles. The summed E-state index contributed by atoms with van der Waals surface area (Å²) in [6, 6.07) is 17.6. The predicted molar refractivity (Wildman–Crippen MR) is 98.7 cm³/mol. The zero-order valence-electron chi connectivity index (χ0n) is 14.1. The van der Waals surface area contributed by atoms with Gasteiger partial charge in [0.2, 0.25) is 0 Å². The van der Waals surface area contributed by atoms with E-state index in [0.29, 0.717) is 12.1 Å². The summed E-state index contributed by atoms with van der Waals surface area (Å²) in [7, 11) is 0. The Kier molecular flexibility index (Phi) is 5.16. The average molecular weight is 323 g/mol. The van der Waals surface area contributed by atoms with Crippen molar-refractivity contribution in [1.82, 2.24) is 10.6 Å². The topological polar surface area (TPSA) is 53.2 Å². The summed E-state index contributed by atoms with van der Waals surface area (Å²) in [5.74, 6) is -0.0196. The van der Waals surface area contributed by atoms with Gasteiger partial charge in [-0.25, -0.2) is 0 Å². The normalized spacial score (nSPS) is 16.4. The van der Waals surface area contributed by atoms with Crippen LogP contribution in [0.2, 0.25) is 0 Å². The van der Waals surface area contributed by atoms with Crippen LogP contribution < -0.4 is 16.0 Å². The molecular weight excluding hydrogens is 298 g/mol. The third-order valence-electron chi connectivity index (χ3n) is 4.71. The Balaban J connectivity index is 1.68. The van der Waals surface area contributed by atoms with E-state index >= 15 is 0 Å². The molecule has 1 saturated heterocycles. The molecule has 0 aromatic heterocycles. The van der Waals surface area contributed by atoms with Gasteiger partial charge in [0.15, 0.2) is 0 Å². The highest BCUT2D eigenvalue weighted by atomic mass is 16.1. The van der Waals surface area contributed by atoms with Crippen LogP contribution in [0.15, 0.2) is 54.6 Å². The summed E-state index contributed by atoms with van der Waals surface area (Å²) in [5, 5.41) is 9.83. The summed E-state index contributed by atoms with van der Waals surface area (Å²) in [6.45, 7) is 5.02. The molecule has 126 valence electrons. The monoisotopic (exact) mass is 323 g/mol. The van der Waals surface area contributed by atoms with Crippen LogP contribution in [-0.4, -0.2) is 25.5 Å². The maximum absolute atomic E-state index is 12.7. The minimum absolute atomic E-state index is 0.0196. The molecule has 1 heterocycles. The zero-order chi connectivity index (χ0) is 16.8. The molecule has 3 N–H and O–H groups in total. The summed E-state index contributed by atoms with van der Waals surface area (Å²) >= 11 is 0. The van der Waals surface area contributed by atoms with E-state index in [2.05, 4.69) is 22.9 Å². The number of amides is 1. The van der Waals surface area contributed by atoms with E-state index in [9.17, 15) is 4.79 Å². The fourth-order valence-corrected chi connectivity index (χ4v) is 3.06. The molecule has 0 bridgehead atoms. The van der Waals surface area contributed by atoms with Crippen LogP contribution in [0.1, 0.15) is 30.1 Å². The van der Waals surface area contributed by atoms with Gasteiger partial charge >= 0.3 is 0 Å². The van der Waals surface area contributed by atoms with E-state index in [0.717, 1.165) is 37.3 Å². The summed E-state index contributed by atoms with van der Waals surface area (Å²) in [4.78, 5) is 12.7. The first kappa shape index (κ1) is 16.5. The number of anilines is 2. The lowest BCUT2D eigenvalue weighted by atomic mass is 9.81. The van der Waals surface area contributed by atoms with Crippen LogP contribution in [-0.2, 0) is 0 Å². The van der Waals surface area contributed by atoms with Crippen molar-refractivity contribution in [2.45, 2.75) is 19.8 Å². The fourth-order valence-electron chi connectivity index (χ4n) is 3.06. The van der Waals surface area contributed by atoms with Crippen molar-refractivity contribution in [1.29, 1.82) is 0 Å². The Hall–Kier alpha value is -2.33. The van der Waals surface area contributed by atoms with E-state index in [4.69, 9.17) is 0 Å². The van der Waals surface area contributed by atoms with Gasteiger partial charge in [-0.1, -0.05) is 37.3 Å². The third-order valence-corrected chi connectivity index (χ3v) is 4.71. The molecular formula is C20H25N3O. The standard InChI is InChI=1S/C20H25N3O/c1-20(11-13-21-14-12-20)15-22-19(24)17-9-5-6-10-18(17)23-16-7-3-2-4-8-16/h2-10,21,23H,11-15H2,1H3,(H,22,24). The maximum Gasteiger partial charge on any atom is 0.253 e. The van der Waals surface area contributed by atoms with Crippen molar-refractivity contribution >= 4 is 17.3 Å². The van der Waals surface area contributed by atoms with Crippen molar-refractivity contribution in [3.8, 4) is 0 Å². The second-order valence-electron chi connectivity index (χ2n) is 6.78. The molecule has 0 spiro atoms. The van der Waals surface area contributed by atoms with Crippen molar-refractivity contribution in [2.75, 3.05) is 25.0 Å². The zero-order valence-corrected chi connectivity index (χ0v) is 14.1. The number of rotatable bonds is 5. The maximum atomic E-state index is 12.7. The Morgan fingerprint density at radius 3 is 2.46 bits per heavy atom.